The zero-order valence-electron chi connectivity index (χ0n) is 22.5. The van der Waals surface area contributed by atoms with Gasteiger partial charge in [-0.1, -0.05) is 94.9 Å². The fraction of sp³-hybridized carbons (Fsp3) is 0.636. The summed E-state index contributed by atoms with van der Waals surface area (Å²) in [7, 11) is 0. The van der Waals surface area contributed by atoms with Crippen molar-refractivity contribution in [3.8, 4) is 0 Å². The molecule has 0 N–H and O–H groups in total. The number of hydrogen-bond acceptors (Lipinski definition) is 0. The molecule has 37 heavy (non-hydrogen) atoms. The lowest BCUT2D eigenvalue weighted by Crippen LogP contribution is -2.18. The van der Waals surface area contributed by atoms with Gasteiger partial charge in [-0.05, 0) is 97.1 Å². The topological polar surface area (TPSA) is 0 Å². The fourth-order valence-electron chi connectivity index (χ4n) is 6.80. The van der Waals surface area contributed by atoms with Crippen LogP contribution in [0.25, 0.3) is 0 Å². The van der Waals surface area contributed by atoms with Crippen LogP contribution in [0.2, 0.25) is 5.02 Å². The summed E-state index contributed by atoms with van der Waals surface area (Å²) < 4.78 is 42.3. The normalized spacial score (nSPS) is 24.4. The Hall–Kier alpha value is -1.48. The van der Waals surface area contributed by atoms with Crippen molar-refractivity contribution < 1.29 is 13.2 Å². The Labute approximate surface area is 227 Å². The molecule has 2 aliphatic carbocycles. The molecule has 0 atom stereocenters. The lowest BCUT2D eigenvalue weighted by atomic mass is 9.74. The minimum absolute atomic E-state index is 0.208. The van der Waals surface area contributed by atoms with Crippen molar-refractivity contribution in [3.05, 3.63) is 69.5 Å². The summed E-state index contributed by atoms with van der Waals surface area (Å²) in [6, 6.07) is 8.08. The van der Waals surface area contributed by atoms with E-state index in [1.807, 2.05) is 6.07 Å². The first-order valence-electron chi connectivity index (χ1n) is 14.8. The molecule has 2 fully saturated rings. The smallest absolute Gasteiger partial charge is 0.145 e. The highest BCUT2D eigenvalue weighted by atomic mass is 35.5. The first kappa shape index (κ1) is 28.5. The van der Waals surface area contributed by atoms with Crippen molar-refractivity contribution in [3.63, 3.8) is 0 Å². The molecule has 0 saturated heterocycles. The minimum Gasteiger partial charge on any atom is -0.207 e. The molecule has 0 amide bonds. The van der Waals surface area contributed by atoms with Gasteiger partial charge in [-0.25, -0.2) is 13.2 Å². The standard InChI is InChI=1S/C33H44ClF3/c1-2-3-4-5-23-6-8-24(9-7-23)10-11-25-12-15-27(16-13-25)29-19-18-28(30(35)22-29)17-14-26-20-31(36)33(34)32(37)21-26/h18-25,27H,2-17H2,1H3. The molecule has 0 aliphatic heterocycles. The number of benzene rings is 2. The van der Waals surface area contributed by atoms with Crippen molar-refractivity contribution in [1.29, 1.82) is 0 Å². The van der Waals surface area contributed by atoms with E-state index >= 15 is 0 Å². The molecule has 2 aromatic carbocycles. The predicted octanol–water partition coefficient (Wildman–Crippen LogP) is 11.0. The molecule has 0 spiro atoms. The maximum absolute atomic E-state index is 14.9. The van der Waals surface area contributed by atoms with Crippen LogP contribution in [-0.4, -0.2) is 0 Å². The second-order valence-electron chi connectivity index (χ2n) is 11.9. The van der Waals surface area contributed by atoms with Crippen LogP contribution < -0.4 is 0 Å². The van der Waals surface area contributed by atoms with Crippen LogP contribution >= 0.6 is 11.6 Å². The van der Waals surface area contributed by atoms with Gasteiger partial charge in [0.15, 0.2) is 0 Å². The monoisotopic (exact) mass is 532 g/mol. The van der Waals surface area contributed by atoms with Crippen LogP contribution in [0, 0.1) is 35.2 Å². The molecule has 0 aromatic heterocycles. The second-order valence-corrected chi connectivity index (χ2v) is 12.3. The summed E-state index contributed by atoms with van der Waals surface area (Å²) in [4.78, 5) is 0. The van der Waals surface area contributed by atoms with Gasteiger partial charge < -0.3 is 0 Å². The van der Waals surface area contributed by atoms with Crippen molar-refractivity contribution in [1.82, 2.24) is 0 Å². The van der Waals surface area contributed by atoms with Crippen LogP contribution in [-0.2, 0) is 12.8 Å². The fourth-order valence-corrected chi connectivity index (χ4v) is 6.91. The van der Waals surface area contributed by atoms with E-state index in [9.17, 15) is 13.2 Å². The summed E-state index contributed by atoms with van der Waals surface area (Å²) in [5.74, 6) is 1.47. The zero-order chi connectivity index (χ0) is 26.2. The van der Waals surface area contributed by atoms with Gasteiger partial charge in [0, 0.05) is 0 Å². The Morgan fingerprint density at radius 1 is 0.676 bits per heavy atom. The number of halogens is 4. The molecule has 2 aromatic rings. The van der Waals surface area contributed by atoms with E-state index in [2.05, 4.69) is 13.0 Å². The van der Waals surface area contributed by atoms with Crippen LogP contribution in [0.15, 0.2) is 30.3 Å². The van der Waals surface area contributed by atoms with Crippen molar-refractivity contribution in [2.75, 3.05) is 0 Å². The molecule has 0 radical (unpaired) electrons. The van der Waals surface area contributed by atoms with Gasteiger partial charge in [0.1, 0.15) is 22.5 Å². The van der Waals surface area contributed by atoms with Crippen LogP contribution in [0.4, 0.5) is 13.2 Å². The second kappa shape index (κ2) is 14.1. The van der Waals surface area contributed by atoms with Crippen molar-refractivity contribution in [2.45, 2.75) is 116 Å². The maximum Gasteiger partial charge on any atom is 0.145 e. The van der Waals surface area contributed by atoms with Gasteiger partial charge in [0.05, 0.1) is 0 Å². The number of rotatable bonds is 11. The Morgan fingerprint density at radius 2 is 1.24 bits per heavy atom. The van der Waals surface area contributed by atoms with Gasteiger partial charge in [-0.2, -0.15) is 0 Å². The van der Waals surface area contributed by atoms with Crippen LogP contribution in [0.5, 0.6) is 0 Å². The molecule has 2 aliphatic rings. The van der Waals surface area contributed by atoms with E-state index in [-0.39, 0.29) is 5.82 Å². The third-order valence-electron chi connectivity index (χ3n) is 9.29. The zero-order valence-corrected chi connectivity index (χ0v) is 23.3. The molecule has 2 saturated carbocycles. The van der Waals surface area contributed by atoms with E-state index in [1.54, 1.807) is 6.07 Å². The van der Waals surface area contributed by atoms with Gasteiger partial charge >= 0.3 is 0 Å². The van der Waals surface area contributed by atoms with E-state index in [4.69, 9.17) is 11.6 Å². The van der Waals surface area contributed by atoms with Crippen LogP contribution in [0.1, 0.15) is 119 Å². The molecular formula is C33H44ClF3. The lowest BCUT2D eigenvalue weighted by molar-refractivity contribution is 0.222. The van der Waals surface area contributed by atoms with Crippen LogP contribution in [0.3, 0.4) is 0 Å². The number of hydrogen-bond donors (Lipinski definition) is 0. The Kier molecular flexibility index (Phi) is 10.8. The van der Waals surface area contributed by atoms with Gasteiger partial charge in [0.25, 0.3) is 0 Å². The van der Waals surface area contributed by atoms with Gasteiger partial charge in [-0.3, -0.25) is 0 Å². The molecule has 4 heteroatoms. The summed E-state index contributed by atoms with van der Waals surface area (Å²) in [5, 5.41) is -0.491. The average Bonchev–Trinajstić information content (AvgIpc) is 2.91. The largest absolute Gasteiger partial charge is 0.207 e. The van der Waals surface area contributed by atoms with E-state index < -0.39 is 16.7 Å². The SMILES string of the molecule is CCCCCC1CCC(CCC2CCC(c3ccc(CCc4cc(F)c(Cl)c(F)c4)c(F)c3)CC2)CC1. The highest BCUT2D eigenvalue weighted by Crippen LogP contribution is 2.40. The first-order chi connectivity index (χ1) is 17.9. The molecule has 0 nitrogen and oxygen atoms in total. The minimum atomic E-state index is -0.770. The third kappa shape index (κ3) is 8.25. The van der Waals surface area contributed by atoms with Crippen molar-refractivity contribution in [2.24, 2.45) is 17.8 Å². The highest BCUT2D eigenvalue weighted by molar-refractivity contribution is 6.30. The molecule has 4 rings (SSSR count). The quantitative estimate of drug-likeness (QED) is 0.199. The van der Waals surface area contributed by atoms with E-state index in [0.717, 1.165) is 36.2 Å². The molecular weight excluding hydrogens is 489 g/mol. The predicted molar refractivity (Wildman–Crippen MR) is 149 cm³/mol. The lowest BCUT2D eigenvalue weighted by Gasteiger charge is -2.32. The molecule has 204 valence electrons. The summed E-state index contributed by atoms with van der Waals surface area (Å²) in [6.07, 6.45) is 19.8. The van der Waals surface area contributed by atoms with E-state index in [1.165, 1.54) is 89.2 Å². The summed E-state index contributed by atoms with van der Waals surface area (Å²) in [6.45, 7) is 2.29. The molecule has 0 unspecified atom stereocenters. The Bertz CT molecular complexity index is 964. The van der Waals surface area contributed by atoms with Gasteiger partial charge in [0.2, 0.25) is 0 Å². The van der Waals surface area contributed by atoms with Gasteiger partial charge in [-0.15, -0.1) is 0 Å². The summed E-state index contributed by atoms with van der Waals surface area (Å²) >= 11 is 5.56. The Balaban J connectivity index is 1.18. The van der Waals surface area contributed by atoms with E-state index in [0.29, 0.717) is 29.9 Å². The maximum atomic E-state index is 14.9. The summed E-state index contributed by atoms with van der Waals surface area (Å²) in [5.41, 5.74) is 2.18. The van der Waals surface area contributed by atoms with Crippen molar-refractivity contribution >= 4 is 11.6 Å². The number of unbranched alkanes of at least 4 members (excludes halogenated alkanes) is 2. The highest BCUT2D eigenvalue weighted by Gasteiger charge is 2.25. The first-order valence-corrected chi connectivity index (χ1v) is 15.2. The molecule has 0 heterocycles. The molecule has 0 bridgehead atoms. The third-order valence-corrected chi connectivity index (χ3v) is 9.65. The Morgan fingerprint density at radius 3 is 1.81 bits per heavy atom. The average molecular weight is 533 g/mol. The number of aryl methyl sites for hydroxylation is 2.